The number of alkyl halides is 3. The SMILES string of the molecule is CN1CCC[C@@H](NC(=O)c2cc(-c3ccc(OCC(F)(F)F)cc3)nc(-c3ccc(N)nc3)c2)C1. The van der Waals surface area contributed by atoms with Gasteiger partial charge in [-0.3, -0.25) is 4.79 Å². The molecule has 2 aromatic heterocycles. The second-order valence-electron chi connectivity index (χ2n) is 8.60. The lowest BCUT2D eigenvalue weighted by atomic mass is 10.0. The van der Waals surface area contributed by atoms with Crippen LogP contribution in [0.1, 0.15) is 23.2 Å². The molecule has 1 fully saturated rings. The molecule has 3 aromatic rings. The molecule has 1 atom stereocenters. The lowest BCUT2D eigenvalue weighted by Crippen LogP contribution is -2.46. The number of carbonyl (C=O) groups is 1. The number of nitrogens with zero attached hydrogens (tertiary/aromatic N) is 3. The van der Waals surface area contributed by atoms with Gasteiger partial charge >= 0.3 is 6.18 Å². The van der Waals surface area contributed by atoms with E-state index in [1.54, 1.807) is 42.6 Å². The smallest absolute Gasteiger partial charge is 0.422 e. The van der Waals surface area contributed by atoms with E-state index in [9.17, 15) is 18.0 Å². The Hall–Kier alpha value is -3.66. The summed E-state index contributed by atoms with van der Waals surface area (Å²) in [5.74, 6) is 0.229. The molecule has 0 spiro atoms. The minimum absolute atomic E-state index is 0.0459. The van der Waals surface area contributed by atoms with E-state index in [1.165, 1.54) is 12.1 Å². The Kier molecular flexibility index (Phi) is 7.20. The number of nitrogens with two attached hydrogens (primary N) is 1. The molecule has 1 saturated heterocycles. The third-order valence-electron chi connectivity index (χ3n) is 5.68. The molecule has 7 nitrogen and oxygen atoms in total. The fourth-order valence-corrected chi connectivity index (χ4v) is 3.95. The van der Waals surface area contributed by atoms with Crippen molar-refractivity contribution in [1.82, 2.24) is 20.2 Å². The summed E-state index contributed by atoms with van der Waals surface area (Å²) in [4.78, 5) is 24.1. The number of nitrogens with one attached hydrogen (secondary N) is 1. The van der Waals surface area contributed by atoms with Crippen LogP contribution in [0.5, 0.6) is 5.75 Å². The van der Waals surface area contributed by atoms with Gasteiger partial charge in [-0.25, -0.2) is 9.97 Å². The number of hydrogen-bond acceptors (Lipinski definition) is 6. The minimum Gasteiger partial charge on any atom is -0.484 e. The number of anilines is 1. The largest absolute Gasteiger partial charge is 0.484 e. The Balaban J connectivity index is 1.63. The van der Waals surface area contributed by atoms with E-state index in [-0.39, 0.29) is 17.7 Å². The van der Waals surface area contributed by atoms with Crippen molar-refractivity contribution >= 4 is 11.7 Å². The summed E-state index contributed by atoms with van der Waals surface area (Å²) in [7, 11) is 2.02. The summed E-state index contributed by atoms with van der Waals surface area (Å²) in [6, 6.07) is 12.9. The van der Waals surface area contributed by atoms with Gasteiger partial charge in [0, 0.05) is 35.5 Å². The number of rotatable bonds is 6. The average Bonchev–Trinajstić information content (AvgIpc) is 2.83. The van der Waals surface area contributed by atoms with Crippen molar-refractivity contribution in [3.05, 3.63) is 60.3 Å². The van der Waals surface area contributed by atoms with E-state index in [4.69, 9.17) is 10.5 Å². The molecule has 1 aliphatic rings. The molecular formula is C25H26F3N5O2. The molecule has 1 aromatic carbocycles. The molecule has 0 radical (unpaired) electrons. The minimum atomic E-state index is -4.42. The number of aromatic nitrogens is 2. The van der Waals surface area contributed by atoms with Gasteiger partial charge in [0.25, 0.3) is 5.91 Å². The van der Waals surface area contributed by atoms with E-state index in [0.29, 0.717) is 33.9 Å². The average molecular weight is 486 g/mol. The number of piperidine rings is 1. The molecule has 0 saturated carbocycles. The third-order valence-corrected chi connectivity index (χ3v) is 5.68. The summed E-state index contributed by atoms with van der Waals surface area (Å²) in [5, 5.41) is 3.10. The van der Waals surface area contributed by atoms with Crippen LogP contribution in [-0.2, 0) is 0 Å². The molecule has 0 bridgehead atoms. The predicted octanol–water partition coefficient (Wildman–Crippen LogP) is 4.16. The van der Waals surface area contributed by atoms with Crippen LogP contribution < -0.4 is 15.8 Å². The Morgan fingerprint density at radius 1 is 1.14 bits per heavy atom. The maximum Gasteiger partial charge on any atom is 0.422 e. The van der Waals surface area contributed by atoms with Gasteiger partial charge in [0.2, 0.25) is 0 Å². The highest BCUT2D eigenvalue weighted by molar-refractivity contribution is 5.96. The number of ether oxygens (including phenoxy) is 1. The van der Waals surface area contributed by atoms with Crippen LogP contribution in [0.3, 0.4) is 0 Å². The second kappa shape index (κ2) is 10.3. The molecule has 3 N–H and O–H groups in total. The maximum absolute atomic E-state index is 13.2. The van der Waals surface area contributed by atoms with Crippen LogP contribution in [0.25, 0.3) is 22.5 Å². The lowest BCUT2D eigenvalue weighted by molar-refractivity contribution is -0.153. The highest BCUT2D eigenvalue weighted by atomic mass is 19.4. The van der Waals surface area contributed by atoms with Crippen molar-refractivity contribution in [3.8, 4) is 28.3 Å². The second-order valence-corrected chi connectivity index (χ2v) is 8.60. The Labute approximate surface area is 201 Å². The van der Waals surface area contributed by atoms with Gasteiger partial charge in [-0.15, -0.1) is 0 Å². The third kappa shape index (κ3) is 6.69. The van der Waals surface area contributed by atoms with Crippen molar-refractivity contribution in [2.45, 2.75) is 25.1 Å². The number of amides is 1. The quantitative estimate of drug-likeness (QED) is 0.545. The van der Waals surface area contributed by atoms with Gasteiger partial charge in [-0.05, 0) is 75.0 Å². The number of likely N-dealkylation sites (N-methyl/N-ethyl adjacent to an activating group) is 1. The molecule has 0 aliphatic carbocycles. The predicted molar refractivity (Wildman–Crippen MR) is 127 cm³/mol. The molecule has 0 unspecified atom stereocenters. The van der Waals surface area contributed by atoms with Gasteiger partial charge in [0.15, 0.2) is 6.61 Å². The van der Waals surface area contributed by atoms with E-state index in [2.05, 4.69) is 20.2 Å². The van der Waals surface area contributed by atoms with Crippen LogP contribution in [0.15, 0.2) is 54.7 Å². The summed E-state index contributed by atoms with van der Waals surface area (Å²) < 4.78 is 42.1. The van der Waals surface area contributed by atoms with Gasteiger partial charge in [-0.2, -0.15) is 13.2 Å². The fourth-order valence-electron chi connectivity index (χ4n) is 3.95. The number of halogens is 3. The first kappa shape index (κ1) is 24.5. The highest BCUT2D eigenvalue weighted by Crippen LogP contribution is 2.27. The Morgan fingerprint density at radius 2 is 1.83 bits per heavy atom. The van der Waals surface area contributed by atoms with E-state index in [1.807, 2.05) is 7.05 Å². The lowest BCUT2D eigenvalue weighted by Gasteiger charge is -2.30. The molecule has 4 rings (SSSR count). The fraction of sp³-hybridized carbons (Fsp3) is 0.320. The molecule has 35 heavy (non-hydrogen) atoms. The van der Waals surface area contributed by atoms with Crippen molar-refractivity contribution in [1.29, 1.82) is 0 Å². The van der Waals surface area contributed by atoms with E-state index in [0.717, 1.165) is 25.9 Å². The first-order chi connectivity index (χ1) is 16.7. The Morgan fingerprint density at radius 3 is 2.46 bits per heavy atom. The van der Waals surface area contributed by atoms with Crippen LogP contribution >= 0.6 is 0 Å². The zero-order valence-corrected chi connectivity index (χ0v) is 19.2. The van der Waals surface area contributed by atoms with Gasteiger partial charge < -0.3 is 20.7 Å². The summed E-state index contributed by atoms with van der Waals surface area (Å²) in [6.45, 7) is 0.408. The summed E-state index contributed by atoms with van der Waals surface area (Å²) in [6.07, 6.45) is -0.930. The van der Waals surface area contributed by atoms with Crippen LogP contribution in [0, 0.1) is 0 Å². The number of likely N-dealkylation sites (tertiary alicyclic amines) is 1. The molecule has 1 amide bonds. The normalized spacial score (nSPS) is 16.6. The van der Waals surface area contributed by atoms with Crippen LogP contribution in [-0.4, -0.2) is 59.7 Å². The van der Waals surface area contributed by atoms with Crippen molar-refractivity contribution in [3.63, 3.8) is 0 Å². The molecule has 3 heterocycles. The first-order valence-corrected chi connectivity index (χ1v) is 11.2. The molecule has 184 valence electrons. The van der Waals surface area contributed by atoms with Crippen molar-refractivity contribution < 1.29 is 22.7 Å². The standard InChI is InChI=1S/C25H26F3N5O2/c1-33-10-2-3-19(14-33)31-24(34)18-11-21(32-22(12-18)17-6-9-23(29)30-13-17)16-4-7-20(8-5-16)35-15-25(26,27)28/h4-9,11-13,19H,2-3,10,14-15H2,1H3,(H2,29,30)(H,31,34)/t19-/m1/s1. The number of hydrogen-bond donors (Lipinski definition) is 2. The zero-order valence-electron chi connectivity index (χ0n) is 19.2. The van der Waals surface area contributed by atoms with E-state index >= 15 is 0 Å². The number of nitrogen functional groups attached to an aromatic ring is 1. The van der Waals surface area contributed by atoms with Crippen LogP contribution in [0.4, 0.5) is 19.0 Å². The van der Waals surface area contributed by atoms with Gasteiger partial charge in [0.05, 0.1) is 11.4 Å². The first-order valence-electron chi connectivity index (χ1n) is 11.2. The van der Waals surface area contributed by atoms with Gasteiger partial charge in [-0.1, -0.05) is 0 Å². The molecule has 1 aliphatic heterocycles. The monoisotopic (exact) mass is 485 g/mol. The molecule has 10 heteroatoms. The topological polar surface area (TPSA) is 93.4 Å². The van der Waals surface area contributed by atoms with Gasteiger partial charge in [0.1, 0.15) is 11.6 Å². The highest BCUT2D eigenvalue weighted by Gasteiger charge is 2.28. The Bertz CT molecular complexity index is 1170. The summed E-state index contributed by atoms with van der Waals surface area (Å²) >= 11 is 0. The zero-order chi connectivity index (χ0) is 25.0. The van der Waals surface area contributed by atoms with Crippen molar-refractivity contribution in [2.24, 2.45) is 0 Å². The maximum atomic E-state index is 13.2. The van der Waals surface area contributed by atoms with E-state index < -0.39 is 12.8 Å². The molecular weight excluding hydrogens is 459 g/mol. The number of pyridine rings is 2. The number of benzene rings is 1. The number of carbonyl (C=O) groups excluding carboxylic acids is 1. The van der Waals surface area contributed by atoms with Crippen LogP contribution in [0.2, 0.25) is 0 Å². The van der Waals surface area contributed by atoms with Crippen molar-refractivity contribution in [2.75, 3.05) is 32.5 Å². The summed E-state index contributed by atoms with van der Waals surface area (Å²) in [5.41, 5.74) is 8.45.